The van der Waals surface area contributed by atoms with Crippen LogP contribution < -0.4 is 4.74 Å². The first-order valence-corrected chi connectivity index (χ1v) is 15.4. The van der Waals surface area contributed by atoms with Gasteiger partial charge in [0.15, 0.2) is 0 Å². The molecule has 7 nitrogen and oxygen atoms in total. The third-order valence-electron chi connectivity index (χ3n) is 8.64. The van der Waals surface area contributed by atoms with Gasteiger partial charge in [0.1, 0.15) is 29.8 Å². The number of nitrogens with zero attached hydrogens (tertiary/aromatic N) is 3. The average molecular weight is 610 g/mol. The molecule has 1 unspecified atom stereocenters. The molecule has 3 aliphatic rings. The Kier molecular flexibility index (Phi) is 8.09. The van der Waals surface area contributed by atoms with Crippen LogP contribution in [0.1, 0.15) is 58.6 Å². The zero-order valence-electron chi connectivity index (χ0n) is 24.8. The van der Waals surface area contributed by atoms with E-state index in [1.54, 1.807) is 42.5 Å². The molecule has 2 fully saturated rings. The van der Waals surface area contributed by atoms with Crippen molar-refractivity contribution in [3.63, 3.8) is 0 Å². The largest absolute Gasteiger partial charge is 0.489 e. The van der Waals surface area contributed by atoms with E-state index in [0.717, 1.165) is 48.3 Å². The Morgan fingerprint density at radius 1 is 1.07 bits per heavy atom. The Hall–Kier alpha value is -4.52. The summed E-state index contributed by atoms with van der Waals surface area (Å²) in [4.78, 5) is 18.7. The van der Waals surface area contributed by atoms with Gasteiger partial charge in [-0.25, -0.2) is 18.6 Å². The van der Waals surface area contributed by atoms with Gasteiger partial charge in [-0.2, -0.15) is 0 Å². The molecule has 4 aromatic rings. The molecule has 7 rings (SSSR count). The molecule has 0 radical (unpaired) electrons. The molecule has 1 N–H and O–H groups in total. The summed E-state index contributed by atoms with van der Waals surface area (Å²) in [5.74, 6) is 6.26. The fourth-order valence-corrected chi connectivity index (χ4v) is 5.72. The van der Waals surface area contributed by atoms with E-state index in [-0.39, 0.29) is 29.9 Å². The molecule has 1 aromatic heterocycles. The second-order valence-electron chi connectivity index (χ2n) is 11.9. The van der Waals surface area contributed by atoms with Crippen molar-refractivity contribution in [2.75, 3.05) is 19.7 Å². The molecule has 0 bridgehead atoms. The van der Waals surface area contributed by atoms with E-state index in [2.05, 4.69) is 21.3 Å². The molecule has 1 saturated carbocycles. The molecule has 0 amide bonds. The molecule has 9 heteroatoms. The van der Waals surface area contributed by atoms with Crippen LogP contribution >= 0.6 is 0 Å². The Labute approximate surface area is 260 Å². The number of halogens is 2. The number of benzene rings is 3. The van der Waals surface area contributed by atoms with Crippen molar-refractivity contribution in [2.45, 2.75) is 51.5 Å². The zero-order chi connectivity index (χ0) is 30.9. The summed E-state index contributed by atoms with van der Waals surface area (Å²) in [5.41, 5.74) is 4.20. The third kappa shape index (κ3) is 6.63. The van der Waals surface area contributed by atoms with Crippen molar-refractivity contribution >= 4 is 22.6 Å². The summed E-state index contributed by atoms with van der Waals surface area (Å²) in [6.45, 7) is 3.24. The van der Waals surface area contributed by atoms with E-state index in [1.165, 1.54) is 12.1 Å². The molecule has 45 heavy (non-hydrogen) atoms. The lowest BCUT2D eigenvalue weighted by Gasteiger charge is -2.29. The molecule has 3 aromatic carbocycles. The average Bonchev–Trinajstić information content (AvgIpc) is 3.79. The van der Waals surface area contributed by atoms with Crippen molar-refractivity contribution < 1.29 is 28.2 Å². The topological polar surface area (TPSA) is 76.8 Å². The minimum atomic E-state index is -0.975. The summed E-state index contributed by atoms with van der Waals surface area (Å²) in [6.07, 6.45) is 5.94. The Morgan fingerprint density at radius 2 is 1.93 bits per heavy atom. The van der Waals surface area contributed by atoms with Gasteiger partial charge in [-0.3, -0.25) is 4.90 Å². The van der Waals surface area contributed by atoms with Crippen molar-refractivity contribution in [3.05, 3.63) is 100 Å². The maximum absolute atomic E-state index is 15.0. The van der Waals surface area contributed by atoms with Gasteiger partial charge in [-0.05, 0) is 79.8 Å². The van der Waals surface area contributed by atoms with Crippen molar-refractivity contribution in [1.82, 2.24) is 14.5 Å². The fourth-order valence-electron chi connectivity index (χ4n) is 5.72. The first-order valence-electron chi connectivity index (χ1n) is 15.4. The van der Waals surface area contributed by atoms with Crippen LogP contribution in [0.25, 0.3) is 16.6 Å². The normalized spacial score (nSPS) is 18.2. The smallest absolute Gasteiger partial charge is 0.335 e. The second kappa shape index (κ2) is 12.5. The lowest BCUT2D eigenvalue weighted by Crippen LogP contribution is -2.33. The Bertz CT molecular complexity index is 1860. The van der Waals surface area contributed by atoms with Crippen molar-refractivity contribution in [2.24, 2.45) is 5.92 Å². The highest BCUT2D eigenvalue weighted by Gasteiger charge is 2.24. The van der Waals surface area contributed by atoms with Gasteiger partial charge in [0, 0.05) is 42.3 Å². The molecule has 2 aliphatic heterocycles. The molecule has 230 valence electrons. The number of carboxylic acids is 1. The van der Waals surface area contributed by atoms with Crippen molar-refractivity contribution in [1.29, 1.82) is 0 Å². The van der Waals surface area contributed by atoms with E-state index in [0.29, 0.717) is 61.0 Å². The van der Waals surface area contributed by atoms with Gasteiger partial charge in [0.2, 0.25) is 0 Å². The standard InChI is InChI=1S/C36H33F2N3O4/c37-31-9-8-28(45-22-27-6-5-24(17-32(27)38)4-3-23-1-2-23)19-30(31)25-11-14-40(15-12-25)21-35-39-33-10-7-26(36(42)43)18-34(33)41(35)20-29-13-16-44-29/h5-11,17-19,23,29H,1-2,12-16,20-22H2,(H,42,43). The predicted molar refractivity (Wildman–Crippen MR) is 166 cm³/mol. The number of hydrogen-bond donors (Lipinski definition) is 1. The van der Waals surface area contributed by atoms with Gasteiger partial charge >= 0.3 is 5.97 Å². The number of fused-ring (bicyclic) bond motifs is 1. The minimum absolute atomic E-state index is 0.0287. The lowest BCUT2D eigenvalue weighted by atomic mass is 9.98. The maximum Gasteiger partial charge on any atom is 0.335 e. The number of ether oxygens (including phenoxy) is 2. The molecule has 1 aliphatic carbocycles. The molecule has 1 saturated heterocycles. The molecule has 0 spiro atoms. The quantitative estimate of drug-likeness (QED) is 0.221. The monoisotopic (exact) mass is 609 g/mol. The predicted octanol–water partition coefficient (Wildman–Crippen LogP) is 6.43. The van der Waals surface area contributed by atoms with E-state index in [9.17, 15) is 18.7 Å². The zero-order valence-corrected chi connectivity index (χ0v) is 24.8. The third-order valence-corrected chi connectivity index (χ3v) is 8.64. The van der Waals surface area contributed by atoms with Crippen LogP contribution in [-0.2, 0) is 24.4 Å². The van der Waals surface area contributed by atoms with Gasteiger partial charge in [-0.1, -0.05) is 24.0 Å². The number of hydrogen-bond acceptors (Lipinski definition) is 5. The van der Waals surface area contributed by atoms with Crippen molar-refractivity contribution in [3.8, 4) is 17.6 Å². The van der Waals surface area contributed by atoms with Crippen LogP contribution in [0.2, 0.25) is 0 Å². The van der Waals surface area contributed by atoms with Crippen LogP contribution in [0.5, 0.6) is 5.75 Å². The highest BCUT2D eigenvalue weighted by molar-refractivity contribution is 5.92. The number of rotatable bonds is 9. The first-order chi connectivity index (χ1) is 21.9. The fraction of sp³-hybridized carbons (Fsp3) is 0.333. The van der Waals surface area contributed by atoms with Crippen LogP contribution in [0, 0.1) is 29.4 Å². The minimum Gasteiger partial charge on any atom is -0.489 e. The molecule has 3 heterocycles. The number of aromatic carboxylic acids is 1. The first kappa shape index (κ1) is 29.2. The summed E-state index contributed by atoms with van der Waals surface area (Å²) in [6, 6.07) is 14.6. The van der Waals surface area contributed by atoms with Crippen LogP contribution in [0.4, 0.5) is 8.78 Å². The van der Waals surface area contributed by atoms with E-state index in [1.807, 2.05) is 6.08 Å². The van der Waals surface area contributed by atoms with Gasteiger partial charge in [-0.15, -0.1) is 0 Å². The maximum atomic E-state index is 15.0. The SMILES string of the molecule is O=C(O)c1ccc2nc(CN3CC=C(c4cc(OCc5ccc(C#CC6CC6)cc5F)ccc4F)CC3)n(CC3CCO3)c2c1. The van der Waals surface area contributed by atoms with Gasteiger partial charge < -0.3 is 19.1 Å². The highest BCUT2D eigenvalue weighted by atomic mass is 19.1. The number of carboxylic acid groups (broad SMARTS) is 1. The summed E-state index contributed by atoms with van der Waals surface area (Å²) < 4.78 is 43.3. The molecular weight excluding hydrogens is 576 g/mol. The molecule has 1 atom stereocenters. The van der Waals surface area contributed by atoms with Crippen LogP contribution in [0.15, 0.2) is 60.7 Å². The highest BCUT2D eigenvalue weighted by Crippen LogP contribution is 2.30. The van der Waals surface area contributed by atoms with E-state index < -0.39 is 5.97 Å². The molecular formula is C36H33F2N3O4. The number of imidazole rings is 1. The number of aromatic nitrogens is 2. The van der Waals surface area contributed by atoms with Gasteiger partial charge in [0.05, 0.1) is 35.8 Å². The lowest BCUT2D eigenvalue weighted by molar-refractivity contribution is -0.0591. The van der Waals surface area contributed by atoms with E-state index in [4.69, 9.17) is 14.5 Å². The summed E-state index contributed by atoms with van der Waals surface area (Å²) in [7, 11) is 0. The second-order valence-corrected chi connectivity index (χ2v) is 11.9. The Balaban J connectivity index is 1.03. The van der Waals surface area contributed by atoms with Crippen LogP contribution in [0.3, 0.4) is 0 Å². The number of carbonyl (C=O) groups is 1. The van der Waals surface area contributed by atoms with Gasteiger partial charge in [0.25, 0.3) is 0 Å². The Morgan fingerprint density at radius 3 is 2.64 bits per heavy atom. The summed E-state index contributed by atoms with van der Waals surface area (Å²) >= 11 is 0. The van der Waals surface area contributed by atoms with Crippen LogP contribution in [-0.4, -0.2) is 51.3 Å². The van der Waals surface area contributed by atoms with E-state index >= 15 is 0 Å². The summed E-state index contributed by atoms with van der Waals surface area (Å²) in [5, 5.41) is 9.51.